The first-order valence-corrected chi connectivity index (χ1v) is 7.12. The average Bonchev–Trinajstić information content (AvgIpc) is 2.59. The Hall–Kier alpha value is -0.210. The van der Waals surface area contributed by atoms with Gasteiger partial charge in [0.15, 0.2) is 0 Å². The van der Waals surface area contributed by atoms with E-state index < -0.39 is 0 Å². The van der Waals surface area contributed by atoms with Crippen LogP contribution in [0.5, 0.6) is 0 Å². The molecule has 0 bridgehead atoms. The standard InChI is InChI=1S/C10H13IN2OS2/c1-5(2)8(9(12)15)13-10(14)6-3-7(11)16-4-6/h3-5,8H,1-2H3,(H2,12,15)(H,13,14). The summed E-state index contributed by atoms with van der Waals surface area (Å²) in [6.07, 6.45) is 0. The number of rotatable bonds is 4. The number of nitrogens with one attached hydrogen (secondary N) is 1. The van der Waals surface area contributed by atoms with Crippen LogP contribution in [0.3, 0.4) is 0 Å². The van der Waals surface area contributed by atoms with Crippen LogP contribution < -0.4 is 11.1 Å². The molecule has 0 radical (unpaired) electrons. The molecule has 1 atom stereocenters. The number of carbonyl (C=O) groups is 1. The summed E-state index contributed by atoms with van der Waals surface area (Å²) in [5.74, 6) is 0.0739. The number of halogens is 1. The molecule has 1 aromatic heterocycles. The van der Waals surface area contributed by atoms with E-state index in [0.717, 1.165) is 2.88 Å². The number of amides is 1. The van der Waals surface area contributed by atoms with Gasteiger partial charge in [0.25, 0.3) is 5.91 Å². The first kappa shape index (κ1) is 13.9. The maximum atomic E-state index is 11.9. The van der Waals surface area contributed by atoms with Crippen molar-refractivity contribution in [3.8, 4) is 0 Å². The van der Waals surface area contributed by atoms with E-state index in [4.69, 9.17) is 18.0 Å². The van der Waals surface area contributed by atoms with E-state index in [2.05, 4.69) is 27.9 Å². The topological polar surface area (TPSA) is 55.1 Å². The zero-order valence-corrected chi connectivity index (χ0v) is 12.8. The maximum absolute atomic E-state index is 11.9. The first-order valence-electron chi connectivity index (χ1n) is 4.76. The molecule has 0 saturated heterocycles. The Balaban J connectivity index is 2.73. The van der Waals surface area contributed by atoms with Crippen molar-refractivity contribution in [2.45, 2.75) is 19.9 Å². The highest BCUT2D eigenvalue weighted by atomic mass is 127. The van der Waals surface area contributed by atoms with Gasteiger partial charge >= 0.3 is 0 Å². The molecule has 16 heavy (non-hydrogen) atoms. The molecule has 1 heterocycles. The highest BCUT2D eigenvalue weighted by molar-refractivity contribution is 14.1. The predicted molar refractivity (Wildman–Crippen MR) is 79.9 cm³/mol. The quantitative estimate of drug-likeness (QED) is 0.634. The van der Waals surface area contributed by atoms with E-state index in [-0.39, 0.29) is 17.9 Å². The van der Waals surface area contributed by atoms with Crippen molar-refractivity contribution in [1.29, 1.82) is 0 Å². The smallest absolute Gasteiger partial charge is 0.252 e. The van der Waals surface area contributed by atoms with Crippen molar-refractivity contribution in [1.82, 2.24) is 5.32 Å². The molecule has 1 rings (SSSR count). The van der Waals surface area contributed by atoms with Crippen molar-refractivity contribution in [3.63, 3.8) is 0 Å². The van der Waals surface area contributed by atoms with Crippen molar-refractivity contribution >= 4 is 57.0 Å². The largest absolute Gasteiger partial charge is 0.392 e. The third-order valence-electron chi connectivity index (χ3n) is 2.09. The molecule has 0 aliphatic rings. The molecule has 3 nitrogen and oxygen atoms in total. The number of nitrogens with two attached hydrogens (primary N) is 1. The van der Waals surface area contributed by atoms with Gasteiger partial charge < -0.3 is 11.1 Å². The van der Waals surface area contributed by atoms with Gasteiger partial charge in [0.2, 0.25) is 0 Å². The fourth-order valence-corrected chi connectivity index (χ4v) is 2.88. The van der Waals surface area contributed by atoms with Gasteiger partial charge in [0.1, 0.15) is 0 Å². The molecule has 0 aromatic carbocycles. The normalized spacial score (nSPS) is 12.5. The van der Waals surface area contributed by atoms with Gasteiger partial charge in [-0.25, -0.2) is 0 Å². The predicted octanol–water partition coefficient (Wildman–Crippen LogP) is 2.39. The molecule has 3 N–H and O–H groups in total. The van der Waals surface area contributed by atoms with Crippen LogP contribution >= 0.6 is 46.1 Å². The number of hydrogen-bond acceptors (Lipinski definition) is 3. The Morgan fingerprint density at radius 3 is 2.62 bits per heavy atom. The Labute approximate surface area is 118 Å². The number of thiophene rings is 1. The molecule has 0 saturated carbocycles. The summed E-state index contributed by atoms with van der Waals surface area (Å²) >= 11 is 8.65. The van der Waals surface area contributed by atoms with Crippen molar-refractivity contribution in [3.05, 3.63) is 19.9 Å². The highest BCUT2D eigenvalue weighted by Gasteiger charge is 2.19. The lowest BCUT2D eigenvalue weighted by molar-refractivity contribution is 0.0940. The average molecular weight is 368 g/mol. The summed E-state index contributed by atoms with van der Waals surface area (Å²) in [7, 11) is 0. The summed E-state index contributed by atoms with van der Waals surface area (Å²) in [4.78, 5) is 12.2. The summed E-state index contributed by atoms with van der Waals surface area (Å²) in [5.41, 5.74) is 6.25. The van der Waals surface area contributed by atoms with Crippen LogP contribution in [-0.2, 0) is 0 Å². The molecule has 88 valence electrons. The monoisotopic (exact) mass is 368 g/mol. The van der Waals surface area contributed by atoms with Crippen LogP contribution in [0, 0.1) is 8.80 Å². The second-order valence-electron chi connectivity index (χ2n) is 3.74. The SMILES string of the molecule is CC(C)C(NC(=O)c1csc(I)c1)C(N)=S. The third-order valence-corrected chi connectivity index (χ3v) is 4.13. The Bertz CT molecular complexity index is 403. The van der Waals surface area contributed by atoms with Crippen LogP contribution in [-0.4, -0.2) is 16.9 Å². The third kappa shape index (κ3) is 3.67. The van der Waals surface area contributed by atoms with E-state index in [9.17, 15) is 4.79 Å². The van der Waals surface area contributed by atoms with E-state index in [1.54, 1.807) is 0 Å². The van der Waals surface area contributed by atoms with Gasteiger partial charge in [-0.3, -0.25) is 4.79 Å². The fraction of sp³-hybridized carbons (Fsp3) is 0.400. The highest BCUT2D eigenvalue weighted by Crippen LogP contribution is 2.16. The Morgan fingerprint density at radius 1 is 1.62 bits per heavy atom. The minimum absolute atomic E-state index is 0.120. The molecule has 0 spiro atoms. The van der Waals surface area contributed by atoms with Crippen LogP contribution in [0.25, 0.3) is 0 Å². The van der Waals surface area contributed by atoms with Gasteiger partial charge in [-0.1, -0.05) is 26.1 Å². The Morgan fingerprint density at radius 2 is 2.25 bits per heavy atom. The molecule has 0 fully saturated rings. The van der Waals surface area contributed by atoms with E-state index in [1.165, 1.54) is 11.3 Å². The number of carbonyl (C=O) groups excluding carboxylic acids is 1. The molecular formula is C10H13IN2OS2. The van der Waals surface area contributed by atoms with Gasteiger partial charge in [0.05, 0.1) is 19.5 Å². The van der Waals surface area contributed by atoms with Crippen LogP contribution in [0.15, 0.2) is 11.4 Å². The molecule has 6 heteroatoms. The second kappa shape index (κ2) is 5.92. The van der Waals surface area contributed by atoms with E-state index >= 15 is 0 Å². The van der Waals surface area contributed by atoms with Gasteiger partial charge in [-0.05, 0) is 34.6 Å². The first-order chi connectivity index (χ1) is 7.41. The number of thiocarbonyl (C=S) groups is 1. The van der Waals surface area contributed by atoms with Crippen molar-refractivity contribution < 1.29 is 4.79 Å². The molecule has 1 aromatic rings. The molecule has 0 aliphatic heterocycles. The summed E-state index contributed by atoms with van der Waals surface area (Å²) in [5, 5.41) is 4.67. The lowest BCUT2D eigenvalue weighted by Crippen LogP contribution is -2.46. The summed E-state index contributed by atoms with van der Waals surface area (Å²) in [6, 6.07) is 1.59. The molecular weight excluding hydrogens is 355 g/mol. The fourth-order valence-electron chi connectivity index (χ4n) is 1.22. The minimum atomic E-state index is -0.250. The zero-order valence-electron chi connectivity index (χ0n) is 8.99. The maximum Gasteiger partial charge on any atom is 0.252 e. The molecule has 0 aliphatic carbocycles. The molecule has 1 amide bonds. The molecule has 1 unspecified atom stereocenters. The zero-order chi connectivity index (χ0) is 12.3. The second-order valence-corrected chi connectivity index (χ2v) is 7.01. The van der Waals surface area contributed by atoms with Crippen LogP contribution in [0.2, 0.25) is 0 Å². The van der Waals surface area contributed by atoms with Gasteiger partial charge in [-0.2, -0.15) is 0 Å². The summed E-state index contributed by atoms with van der Waals surface area (Å²) < 4.78 is 1.08. The van der Waals surface area contributed by atoms with Crippen LogP contribution in [0.1, 0.15) is 24.2 Å². The van der Waals surface area contributed by atoms with E-state index in [1.807, 2.05) is 25.3 Å². The van der Waals surface area contributed by atoms with Crippen molar-refractivity contribution in [2.75, 3.05) is 0 Å². The minimum Gasteiger partial charge on any atom is -0.392 e. The van der Waals surface area contributed by atoms with Crippen molar-refractivity contribution in [2.24, 2.45) is 11.7 Å². The lowest BCUT2D eigenvalue weighted by atomic mass is 10.0. The van der Waals surface area contributed by atoms with Gasteiger partial charge in [-0.15, -0.1) is 11.3 Å². The lowest BCUT2D eigenvalue weighted by Gasteiger charge is -2.20. The summed E-state index contributed by atoms with van der Waals surface area (Å²) in [6.45, 7) is 3.95. The van der Waals surface area contributed by atoms with Crippen LogP contribution in [0.4, 0.5) is 0 Å². The number of hydrogen-bond donors (Lipinski definition) is 2. The van der Waals surface area contributed by atoms with E-state index in [0.29, 0.717) is 10.6 Å². The Kier molecular flexibility index (Phi) is 5.13. The van der Waals surface area contributed by atoms with Gasteiger partial charge in [0, 0.05) is 5.38 Å².